The SMILES string of the molecule is CCCCN1CC(CF)n2cc(C(=O)NCc3c(F)cc(F)cc3F)c(=O)c(O)c2C1=O. The number of aromatic nitrogens is 1. The molecule has 2 aromatic rings. The van der Waals surface area contributed by atoms with Gasteiger partial charge in [0.25, 0.3) is 11.8 Å². The summed E-state index contributed by atoms with van der Waals surface area (Å²) in [7, 11) is 0. The number of hydrogen-bond acceptors (Lipinski definition) is 4. The van der Waals surface area contributed by atoms with Crippen molar-refractivity contribution in [2.75, 3.05) is 19.8 Å². The topological polar surface area (TPSA) is 91.6 Å². The lowest BCUT2D eigenvalue weighted by Gasteiger charge is -2.35. The number of nitrogens with one attached hydrogen (secondary N) is 1. The van der Waals surface area contributed by atoms with E-state index in [0.717, 1.165) is 17.2 Å². The third-order valence-electron chi connectivity index (χ3n) is 5.26. The number of pyridine rings is 1. The van der Waals surface area contributed by atoms with Crippen molar-refractivity contribution < 1.29 is 32.3 Å². The van der Waals surface area contributed by atoms with Gasteiger partial charge in [-0.25, -0.2) is 17.6 Å². The van der Waals surface area contributed by atoms with Gasteiger partial charge < -0.3 is 19.9 Å². The normalized spacial score (nSPS) is 15.6. The fourth-order valence-corrected chi connectivity index (χ4v) is 3.53. The molecule has 1 aliphatic heterocycles. The first-order chi connectivity index (χ1) is 15.2. The molecule has 7 nitrogen and oxygen atoms in total. The van der Waals surface area contributed by atoms with Gasteiger partial charge in [0, 0.05) is 43.5 Å². The number of benzene rings is 1. The van der Waals surface area contributed by atoms with Gasteiger partial charge in [0.15, 0.2) is 11.4 Å². The summed E-state index contributed by atoms with van der Waals surface area (Å²) < 4.78 is 55.3. The van der Waals surface area contributed by atoms with Crippen LogP contribution in [0.3, 0.4) is 0 Å². The average molecular weight is 455 g/mol. The number of unbranched alkanes of at least 4 members (excludes halogenated alkanes) is 1. The molecule has 0 fully saturated rings. The van der Waals surface area contributed by atoms with E-state index in [1.54, 1.807) is 0 Å². The first-order valence-electron chi connectivity index (χ1n) is 9.94. The van der Waals surface area contributed by atoms with E-state index in [0.29, 0.717) is 25.1 Å². The fourth-order valence-electron chi connectivity index (χ4n) is 3.53. The highest BCUT2D eigenvalue weighted by atomic mass is 19.1. The van der Waals surface area contributed by atoms with Gasteiger partial charge in [-0.1, -0.05) is 13.3 Å². The van der Waals surface area contributed by atoms with Crippen molar-refractivity contribution >= 4 is 11.8 Å². The summed E-state index contributed by atoms with van der Waals surface area (Å²) in [6.45, 7) is 0.563. The van der Waals surface area contributed by atoms with Crippen LogP contribution in [0.25, 0.3) is 0 Å². The first-order valence-corrected chi connectivity index (χ1v) is 9.94. The van der Waals surface area contributed by atoms with Crippen LogP contribution in [0, 0.1) is 17.5 Å². The van der Waals surface area contributed by atoms with Crippen molar-refractivity contribution in [3.63, 3.8) is 0 Å². The van der Waals surface area contributed by atoms with Crippen molar-refractivity contribution in [1.82, 2.24) is 14.8 Å². The quantitative estimate of drug-likeness (QED) is 0.628. The summed E-state index contributed by atoms with van der Waals surface area (Å²) in [6, 6.07) is -0.0673. The Morgan fingerprint density at radius 2 is 1.88 bits per heavy atom. The van der Waals surface area contributed by atoms with E-state index in [-0.39, 0.29) is 6.54 Å². The molecule has 0 aliphatic carbocycles. The number of carbonyl (C=O) groups excluding carboxylic acids is 2. The molecule has 1 atom stereocenters. The van der Waals surface area contributed by atoms with Crippen LogP contribution in [0.1, 0.15) is 52.2 Å². The van der Waals surface area contributed by atoms with Gasteiger partial charge in [0.05, 0.1) is 6.04 Å². The monoisotopic (exact) mass is 455 g/mol. The molecule has 1 unspecified atom stereocenters. The van der Waals surface area contributed by atoms with Crippen molar-refractivity contribution in [2.45, 2.75) is 32.4 Å². The molecule has 0 spiro atoms. The maximum atomic E-state index is 13.8. The third-order valence-corrected chi connectivity index (χ3v) is 5.26. The zero-order valence-electron chi connectivity index (χ0n) is 17.1. The second-order valence-electron chi connectivity index (χ2n) is 7.42. The standard InChI is InChI=1S/C21H21F4N3O4/c1-2-3-4-27-9-12(7-22)28-10-14(18(29)19(30)17(28)21(27)32)20(31)26-8-13-15(24)5-11(23)6-16(13)25/h5-6,10,12,30H,2-4,7-9H2,1H3,(H,26,31). The van der Waals surface area contributed by atoms with Crippen molar-refractivity contribution in [1.29, 1.82) is 0 Å². The molecule has 1 aromatic heterocycles. The van der Waals surface area contributed by atoms with Crippen LogP contribution in [0.4, 0.5) is 17.6 Å². The van der Waals surface area contributed by atoms with Gasteiger partial charge in [0.2, 0.25) is 5.43 Å². The predicted octanol–water partition coefficient (Wildman–Crippen LogP) is 2.67. The predicted molar refractivity (Wildman–Crippen MR) is 106 cm³/mol. The Morgan fingerprint density at radius 3 is 2.47 bits per heavy atom. The Kier molecular flexibility index (Phi) is 6.85. The maximum absolute atomic E-state index is 13.8. The second kappa shape index (κ2) is 9.41. The van der Waals surface area contributed by atoms with E-state index < -0.39 is 76.5 Å². The van der Waals surface area contributed by atoms with Gasteiger partial charge in [-0.15, -0.1) is 0 Å². The third kappa shape index (κ3) is 4.32. The van der Waals surface area contributed by atoms with E-state index in [9.17, 15) is 37.1 Å². The van der Waals surface area contributed by atoms with E-state index >= 15 is 0 Å². The van der Waals surface area contributed by atoms with Crippen LogP contribution in [0.5, 0.6) is 5.75 Å². The number of amides is 2. The van der Waals surface area contributed by atoms with Gasteiger partial charge in [-0.3, -0.25) is 14.4 Å². The minimum absolute atomic E-state index is 0.0162. The number of rotatable bonds is 7. The molecular formula is C21H21F4N3O4. The summed E-state index contributed by atoms with van der Waals surface area (Å²) in [4.78, 5) is 39.1. The van der Waals surface area contributed by atoms with E-state index in [4.69, 9.17) is 0 Å². The Balaban J connectivity index is 1.93. The van der Waals surface area contributed by atoms with Crippen LogP contribution in [0.2, 0.25) is 0 Å². The average Bonchev–Trinajstić information content (AvgIpc) is 2.74. The number of aromatic hydroxyl groups is 1. The molecule has 2 heterocycles. The largest absolute Gasteiger partial charge is 0.503 e. The zero-order chi connectivity index (χ0) is 23.6. The van der Waals surface area contributed by atoms with Crippen molar-refractivity contribution in [3.05, 3.63) is 62.8 Å². The molecular weight excluding hydrogens is 434 g/mol. The summed E-state index contributed by atoms with van der Waals surface area (Å²) in [5.41, 5.74) is -2.88. The molecule has 3 rings (SSSR count). The molecule has 11 heteroatoms. The zero-order valence-corrected chi connectivity index (χ0v) is 17.1. The minimum atomic E-state index is -1.23. The number of nitrogens with zero attached hydrogens (tertiary/aromatic N) is 2. The molecule has 1 aliphatic rings. The number of alkyl halides is 1. The molecule has 2 amide bonds. The lowest BCUT2D eigenvalue weighted by atomic mass is 10.1. The number of fused-ring (bicyclic) bond motifs is 1. The summed E-state index contributed by atoms with van der Waals surface area (Å²) in [6.07, 6.45) is 2.37. The van der Waals surface area contributed by atoms with Crippen LogP contribution in [-0.2, 0) is 6.54 Å². The molecule has 32 heavy (non-hydrogen) atoms. The summed E-state index contributed by atoms with van der Waals surface area (Å²) >= 11 is 0. The van der Waals surface area contributed by atoms with E-state index in [1.165, 1.54) is 4.90 Å². The number of carbonyl (C=O) groups is 2. The van der Waals surface area contributed by atoms with Gasteiger partial charge in [-0.05, 0) is 6.42 Å². The lowest BCUT2D eigenvalue weighted by Crippen LogP contribution is -2.46. The van der Waals surface area contributed by atoms with Crippen molar-refractivity contribution in [3.8, 4) is 5.75 Å². The molecule has 0 radical (unpaired) electrons. The molecule has 0 saturated carbocycles. The molecule has 0 saturated heterocycles. The van der Waals surface area contributed by atoms with Gasteiger partial charge >= 0.3 is 0 Å². The summed E-state index contributed by atoms with van der Waals surface area (Å²) in [5.74, 6) is -6.39. The highest BCUT2D eigenvalue weighted by Gasteiger charge is 2.35. The first kappa shape index (κ1) is 23.3. The van der Waals surface area contributed by atoms with E-state index in [2.05, 4.69) is 5.32 Å². The van der Waals surface area contributed by atoms with Crippen LogP contribution in [0.15, 0.2) is 23.1 Å². The van der Waals surface area contributed by atoms with Crippen LogP contribution >= 0.6 is 0 Å². The van der Waals surface area contributed by atoms with Crippen molar-refractivity contribution in [2.24, 2.45) is 0 Å². The molecule has 0 bridgehead atoms. The van der Waals surface area contributed by atoms with Gasteiger partial charge in [-0.2, -0.15) is 0 Å². The summed E-state index contributed by atoms with van der Waals surface area (Å²) in [5, 5.41) is 12.5. The Morgan fingerprint density at radius 1 is 1.22 bits per heavy atom. The molecule has 2 N–H and O–H groups in total. The smallest absolute Gasteiger partial charge is 0.274 e. The number of hydrogen-bond donors (Lipinski definition) is 2. The highest BCUT2D eigenvalue weighted by Crippen LogP contribution is 2.27. The Hall–Kier alpha value is -3.37. The van der Waals surface area contributed by atoms with Crippen LogP contribution < -0.4 is 10.7 Å². The maximum Gasteiger partial charge on any atom is 0.274 e. The number of halogens is 4. The Labute approximate surface area is 180 Å². The molecule has 172 valence electrons. The molecule has 1 aromatic carbocycles. The van der Waals surface area contributed by atoms with Crippen LogP contribution in [-0.4, -0.2) is 46.2 Å². The lowest BCUT2D eigenvalue weighted by molar-refractivity contribution is 0.0640. The Bertz CT molecular complexity index is 1100. The highest BCUT2D eigenvalue weighted by molar-refractivity contribution is 5.99. The fraction of sp³-hybridized carbons (Fsp3) is 0.381. The van der Waals surface area contributed by atoms with E-state index in [1.807, 2.05) is 6.92 Å². The second-order valence-corrected chi connectivity index (χ2v) is 7.42. The minimum Gasteiger partial charge on any atom is -0.503 e. The van der Waals surface area contributed by atoms with Gasteiger partial charge in [0.1, 0.15) is 29.7 Å².